The van der Waals surface area contributed by atoms with Crippen molar-refractivity contribution in [2.24, 2.45) is 5.92 Å². The maximum absolute atomic E-state index is 13.9. The first-order chi connectivity index (χ1) is 8.54. The summed E-state index contributed by atoms with van der Waals surface area (Å²) >= 11 is 0. The van der Waals surface area contributed by atoms with Gasteiger partial charge in [-0.1, -0.05) is 32.9 Å². The van der Waals surface area contributed by atoms with Gasteiger partial charge in [0, 0.05) is 5.39 Å². The Morgan fingerprint density at radius 2 is 2.06 bits per heavy atom. The molecule has 0 aliphatic heterocycles. The van der Waals surface area contributed by atoms with E-state index in [4.69, 9.17) is 4.42 Å². The standard InChI is InChI=1S/C15H20FNO/c1-5-17-14(9(2)3)12-8-11-7-6-10(4)13(16)15(11)18-12/h6-9,14,17H,5H2,1-4H3. The van der Waals surface area contributed by atoms with Gasteiger partial charge in [0.05, 0.1) is 6.04 Å². The molecule has 1 unspecified atom stereocenters. The lowest BCUT2D eigenvalue weighted by Gasteiger charge is -2.19. The molecule has 0 amide bonds. The summed E-state index contributed by atoms with van der Waals surface area (Å²) in [6.45, 7) is 8.93. The molecular formula is C15H20FNO. The van der Waals surface area contributed by atoms with Crippen molar-refractivity contribution in [2.45, 2.75) is 33.7 Å². The van der Waals surface area contributed by atoms with Crippen LogP contribution in [0.3, 0.4) is 0 Å². The highest BCUT2D eigenvalue weighted by atomic mass is 19.1. The highest BCUT2D eigenvalue weighted by molar-refractivity contribution is 5.79. The zero-order chi connectivity index (χ0) is 13.3. The fourth-order valence-electron chi connectivity index (χ4n) is 2.23. The monoisotopic (exact) mass is 249 g/mol. The molecule has 0 fully saturated rings. The molecule has 1 aromatic carbocycles. The summed E-state index contributed by atoms with van der Waals surface area (Å²) in [5.41, 5.74) is 0.988. The number of fused-ring (bicyclic) bond motifs is 1. The van der Waals surface area contributed by atoms with Crippen molar-refractivity contribution in [3.05, 3.63) is 35.3 Å². The van der Waals surface area contributed by atoms with Crippen LogP contribution in [0.25, 0.3) is 11.0 Å². The Hall–Kier alpha value is -1.35. The minimum Gasteiger partial charge on any atom is -0.456 e. The largest absolute Gasteiger partial charge is 0.456 e. The lowest BCUT2D eigenvalue weighted by atomic mass is 10.0. The highest BCUT2D eigenvalue weighted by Crippen LogP contribution is 2.30. The molecule has 0 saturated heterocycles. The van der Waals surface area contributed by atoms with Crippen molar-refractivity contribution < 1.29 is 8.81 Å². The van der Waals surface area contributed by atoms with E-state index >= 15 is 0 Å². The zero-order valence-electron chi connectivity index (χ0n) is 11.4. The Kier molecular flexibility index (Phi) is 3.71. The van der Waals surface area contributed by atoms with Crippen LogP contribution in [-0.4, -0.2) is 6.54 Å². The molecule has 0 bridgehead atoms. The minimum absolute atomic E-state index is 0.127. The van der Waals surface area contributed by atoms with Gasteiger partial charge in [0.2, 0.25) is 0 Å². The number of benzene rings is 1. The van der Waals surface area contributed by atoms with Crippen LogP contribution in [0.15, 0.2) is 22.6 Å². The molecule has 1 N–H and O–H groups in total. The second-order valence-electron chi connectivity index (χ2n) is 5.04. The first-order valence-corrected chi connectivity index (χ1v) is 6.46. The van der Waals surface area contributed by atoms with Crippen LogP contribution in [0, 0.1) is 18.7 Å². The van der Waals surface area contributed by atoms with Crippen molar-refractivity contribution in [2.75, 3.05) is 6.54 Å². The van der Waals surface area contributed by atoms with E-state index in [1.54, 1.807) is 13.0 Å². The Morgan fingerprint density at radius 3 is 2.67 bits per heavy atom. The lowest BCUT2D eigenvalue weighted by molar-refractivity contribution is 0.354. The molecule has 1 aromatic heterocycles. The van der Waals surface area contributed by atoms with Crippen LogP contribution in [-0.2, 0) is 0 Å². The highest BCUT2D eigenvalue weighted by Gasteiger charge is 2.20. The second kappa shape index (κ2) is 5.11. The first-order valence-electron chi connectivity index (χ1n) is 6.46. The van der Waals surface area contributed by atoms with Crippen molar-refractivity contribution in [1.29, 1.82) is 0 Å². The van der Waals surface area contributed by atoms with Gasteiger partial charge in [-0.25, -0.2) is 4.39 Å². The summed E-state index contributed by atoms with van der Waals surface area (Å²) in [5, 5.41) is 4.21. The Balaban J connectivity index is 2.48. The Labute approximate surface area is 107 Å². The van der Waals surface area contributed by atoms with E-state index in [0.29, 0.717) is 17.1 Å². The van der Waals surface area contributed by atoms with Gasteiger partial charge in [-0.05, 0) is 31.0 Å². The molecule has 1 atom stereocenters. The number of hydrogen-bond acceptors (Lipinski definition) is 2. The average Bonchev–Trinajstić information content (AvgIpc) is 2.75. The Morgan fingerprint density at radius 1 is 1.33 bits per heavy atom. The van der Waals surface area contributed by atoms with Crippen molar-refractivity contribution >= 4 is 11.0 Å². The predicted octanol–water partition coefficient (Wildman–Crippen LogP) is 4.19. The molecule has 2 nitrogen and oxygen atoms in total. The van der Waals surface area contributed by atoms with Gasteiger partial charge in [0.1, 0.15) is 5.76 Å². The topological polar surface area (TPSA) is 25.2 Å². The van der Waals surface area contributed by atoms with Gasteiger partial charge < -0.3 is 9.73 Å². The van der Waals surface area contributed by atoms with Crippen LogP contribution in [0.2, 0.25) is 0 Å². The number of hydrogen-bond donors (Lipinski definition) is 1. The predicted molar refractivity (Wildman–Crippen MR) is 72.2 cm³/mol. The third kappa shape index (κ3) is 2.27. The Bertz CT molecular complexity index is 545. The van der Waals surface area contributed by atoms with E-state index in [1.165, 1.54) is 0 Å². The van der Waals surface area contributed by atoms with Gasteiger partial charge in [0.15, 0.2) is 11.4 Å². The number of nitrogens with one attached hydrogen (secondary N) is 1. The molecule has 0 radical (unpaired) electrons. The molecule has 18 heavy (non-hydrogen) atoms. The first kappa shape index (κ1) is 13.1. The van der Waals surface area contributed by atoms with E-state index in [2.05, 4.69) is 26.1 Å². The summed E-state index contributed by atoms with van der Waals surface area (Å²) in [4.78, 5) is 0. The molecule has 3 heteroatoms. The quantitative estimate of drug-likeness (QED) is 0.879. The van der Waals surface area contributed by atoms with E-state index in [0.717, 1.165) is 17.7 Å². The average molecular weight is 249 g/mol. The van der Waals surface area contributed by atoms with Crippen LogP contribution < -0.4 is 5.32 Å². The van der Waals surface area contributed by atoms with Gasteiger partial charge in [-0.15, -0.1) is 0 Å². The summed E-state index contributed by atoms with van der Waals surface area (Å²) in [5.74, 6) is 0.957. The van der Waals surface area contributed by atoms with Gasteiger partial charge in [-0.3, -0.25) is 0 Å². The smallest absolute Gasteiger partial charge is 0.170 e. The molecule has 98 valence electrons. The van der Waals surface area contributed by atoms with Gasteiger partial charge in [0.25, 0.3) is 0 Å². The number of rotatable bonds is 4. The SMILES string of the molecule is CCNC(c1cc2ccc(C)c(F)c2o1)C(C)C. The fourth-order valence-corrected chi connectivity index (χ4v) is 2.23. The van der Waals surface area contributed by atoms with Crippen molar-refractivity contribution in [3.63, 3.8) is 0 Å². The molecule has 0 saturated carbocycles. The van der Waals surface area contributed by atoms with Crippen LogP contribution in [0.5, 0.6) is 0 Å². The van der Waals surface area contributed by atoms with Crippen LogP contribution >= 0.6 is 0 Å². The maximum atomic E-state index is 13.9. The van der Waals surface area contributed by atoms with E-state index < -0.39 is 0 Å². The fraction of sp³-hybridized carbons (Fsp3) is 0.467. The zero-order valence-corrected chi connectivity index (χ0v) is 11.4. The summed E-state index contributed by atoms with van der Waals surface area (Å²) in [7, 11) is 0. The molecule has 0 aliphatic rings. The third-order valence-corrected chi connectivity index (χ3v) is 3.24. The summed E-state index contributed by atoms with van der Waals surface area (Å²) in [6.07, 6.45) is 0. The van der Waals surface area contributed by atoms with E-state index in [9.17, 15) is 4.39 Å². The van der Waals surface area contributed by atoms with Crippen molar-refractivity contribution in [1.82, 2.24) is 5.32 Å². The van der Waals surface area contributed by atoms with E-state index in [1.807, 2.05) is 12.1 Å². The lowest BCUT2D eigenvalue weighted by Crippen LogP contribution is -2.24. The molecule has 0 spiro atoms. The number of aryl methyl sites for hydroxylation is 1. The molecule has 1 heterocycles. The third-order valence-electron chi connectivity index (χ3n) is 3.24. The van der Waals surface area contributed by atoms with E-state index in [-0.39, 0.29) is 11.9 Å². The normalized spacial score (nSPS) is 13.4. The number of furan rings is 1. The number of halogens is 1. The van der Waals surface area contributed by atoms with Crippen LogP contribution in [0.1, 0.15) is 38.1 Å². The molecular weight excluding hydrogens is 229 g/mol. The molecule has 2 aromatic rings. The van der Waals surface area contributed by atoms with Crippen LogP contribution in [0.4, 0.5) is 4.39 Å². The molecule has 2 rings (SSSR count). The van der Waals surface area contributed by atoms with Gasteiger partial charge in [-0.2, -0.15) is 0 Å². The molecule has 0 aliphatic carbocycles. The maximum Gasteiger partial charge on any atom is 0.170 e. The second-order valence-corrected chi connectivity index (χ2v) is 5.04. The van der Waals surface area contributed by atoms with Crippen molar-refractivity contribution in [3.8, 4) is 0 Å². The summed E-state index contributed by atoms with van der Waals surface area (Å²) in [6, 6.07) is 5.76. The minimum atomic E-state index is -0.252. The van der Waals surface area contributed by atoms with Gasteiger partial charge >= 0.3 is 0 Å². The summed E-state index contributed by atoms with van der Waals surface area (Å²) < 4.78 is 19.7.